The molecule has 1 atom stereocenters. The first-order valence-electron chi connectivity index (χ1n) is 6.57. The van der Waals surface area contributed by atoms with Crippen LogP contribution in [0.1, 0.15) is 28.5 Å². The lowest BCUT2D eigenvalue weighted by Gasteiger charge is -2.29. The highest BCUT2D eigenvalue weighted by Gasteiger charge is 2.18. The van der Waals surface area contributed by atoms with Crippen molar-refractivity contribution < 1.29 is 15.0 Å². The van der Waals surface area contributed by atoms with Crippen LogP contribution in [0.25, 0.3) is 0 Å². The smallest absolute Gasteiger partial charge is 0.356 e. The zero-order valence-electron chi connectivity index (χ0n) is 11.7. The normalized spacial score (nSPS) is 11.9. The average Bonchev–Trinajstić information content (AvgIpc) is 2.53. The summed E-state index contributed by atoms with van der Waals surface area (Å²) < 4.78 is 0. The van der Waals surface area contributed by atoms with Crippen LogP contribution in [0.3, 0.4) is 0 Å². The predicted octanol–water partition coefficient (Wildman–Crippen LogP) is 1.73. The molecule has 2 N–H and O–H groups in total. The van der Waals surface area contributed by atoms with Gasteiger partial charge < -0.3 is 15.1 Å². The Balaban J connectivity index is 2.26. The Morgan fingerprint density at radius 3 is 2.48 bits per heavy atom. The lowest BCUT2D eigenvalue weighted by atomic mass is 10.0. The molecule has 6 nitrogen and oxygen atoms in total. The molecule has 0 aliphatic carbocycles. The number of hydrogen-bond donors (Lipinski definition) is 2. The van der Waals surface area contributed by atoms with E-state index in [0.717, 1.165) is 5.56 Å². The minimum atomic E-state index is -1.10. The van der Waals surface area contributed by atoms with Crippen LogP contribution in [0.5, 0.6) is 0 Å². The minimum Gasteiger partial charge on any atom is -0.476 e. The van der Waals surface area contributed by atoms with Crippen LogP contribution in [-0.2, 0) is 0 Å². The summed E-state index contributed by atoms with van der Waals surface area (Å²) in [6.45, 7) is 0.0462. The molecule has 0 amide bonds. The van der Waals surface area contributed by atoms with Gasteiger partial charge in [-0.2, -0.15) is 0 Å². The third-order valence-corrected chi connectivity index (χ3v) is 3.27. The quantitative estimate of drug-likeness (QED) is 0.841. The Hall–Kier alpha value is -2.47. The molecule has 2 aromatic rings. The molecule has 2 rings (SSSR count). The van der Waals surface area contributed by atoms with Gasteiger partial charge in [0.05, 0.1) is 18.4 Å². The molecule has 21 heavy (non-hydrogen) atoms. The van der Waals surface area contributed by atoms with Crippen LogP contribution >= 0.6 is 0 Å². The summed E-state index contributed by atoms with van der Waals surface area (Å²) in [6.07, 6.45) is 3.20. The van der Waals surface area contributed by atoms with E-state index < -0.39 is 5.97 Å². The lowest BCUT2D eigenvalue weighted by molar-refractivity contribution is 0.0690. The summed E-state index contributed by atoms with van der Waals surface area (Å²) in [4.78, 5) is 20.7. The Bertz CT molecular complexity index is 587. The monoisotopic (exact) mass is 287 g/mol. The summed E-state index contributed by atoms with van der Waals surface area (Å²) in [5.41, 5.74) is 0.962. The maximum absolute atomic E-state index is 10.8. The molecule has 0 fully saturated rings. The molecule has 0 spiro atoms. The van der Waals surface area contributed by atoms with Crippen molar-refractivity contribution in [3.05, 3.63) is 54.0 Å². The van der Waals surface area contributed by atoms with E-state index in [1.807, 2.05) is 42.3 Å². The fourth-order valence-electron chi connectivity index (χ4n) is 2.15. The van der Waals surface area contributed by atoms with Crippen molar-refractivity contribution in [2.75, 3.05) is 18.6 Å². The van der Waals surface area contributed by atoms with Crippen molar-refractivity contribution >= 4 is 11.8 Å². The number of aliphatic hydroxyl groups is 1. The van der Waals surface area contributed by atoms with Crippen LogP contribution in [0.4, 0.5) is 5.82 Å². The highest BCUT2D eigenvalue weighted by atomic mass is 16.4. The van der Waals surface area contributed by atoms with Gasteiger partial charge in [-0.1, -0.05) is 30.3 Å². The number of carboxylic acids is 1. The number of aromatic carboxylic acids is 1. The first-order valence-corrected chi connectivity index (χ1v) is 6.57. The van der Waals surface area contributed by atoms with E-state index in [1.54, 1.807) is 0 Å². The number of hydrogen-bond acceptors (Lipinski definition) is 5. The number of benzene rings is 1. The Morgan fingerprint density at radius 1 is 1.24 bits per heavy atom. The highest BCUT2D eigenvalue weighted by molar-refractivity contribution is 5.84. The number of aromatic nitrogens is 2. The van der Waals surface area contributed by atoms with Crippen LogP contribution in [-0.4, -0.2) is 39.8 Å². The van der Waals surface area contributed by atoms with E-state index in [4.69, 9.17) is 5.11 Å². The van der Waals surface area contributed by atoms with Crippen molar-refractivity contribution in [1.29, 1.82) is 0 Å². The first kappa shape index (κ1) is 14.9. The Labute approximate surface area is 122 Å². The molecular weight excluding hydrogens is 270 g/mol. The van der Waals surface area contributed by atoms with Gasteiger partial charge in [0.25, 0.3) is 0 Å². The van der Waals surface area contributed by atoms with Gasteiger partial charge in [-0.25, -0.2) is 14.8 Å². The number of carbonyl (C=O) groups is 1. The molecular formula is C15H17N3O3. The third kappa shape index (κ3) is 3.55. The fraction of sp³-hybridized carbons (Fsp3) is 0.267. The molecule has 1 aromatic heterocycles. The summed E-state index contributed by atoms with van der Waals surface area (Å²) in [7, 11) is 1.85. The average molecular weight is 287 g/mol. The number of carboxylic acid groups (broad SMARTS) is 1. The van der Waals surface area contributed by atoms with Crippen molar-refractivity contribution in [2.45, 2.75) is 12.5 Å². The minimum absolute atomic E-state index is 0.0462. The van der Waals surface area contributed by atoms with Crippen molar-refractivity contribution in [2.24, 2.45) is 0 Å². The molecule has 6 heteroatoms. The van der Waals surface area contributed by atoms with Crippen molar-refractivity contribution in [1.82, 2.24) is 9.97 Å². The Kier molecular flexibility index (Phi) is 4.84. The standard InChI is InChI=1S/C15H17N3O3/c1-18(14-10-16-12(9-17-14)15(20)21)13(7-8-19)11-5-3-2-4-6-11/h2-6,9-10,13,19H,7-8H2,1H3,(H,20,21). The van der Waals surface area contributed by atoms with Gasteiger partial charge in [0.1, 0.15) is 5.82 Å². The molecule has 1 unspecified atom stereocenters. The largest absolute Gasteiger partial charge is 0.476 e. The van der Waals surface area contributed by atoms with E-state index in [9.17, 15) is 9.90 Å². The fourth-order valence-corrected chi connectivity index (χ4v) is 2.15. The molecule has 0 radical (unpaired) electrons. The molecule has 0 saturated heterocycles. The van der Waals surface area contributed by atoms with Gasteiger partial charge in [0.2, 0.25) is 0 Å². The highest BCUT2D eigenvalue weighted by Crippen LogP contribution is 2.26. The van der Waals surface area contributed by atoms with Gasteiger partial charge in [0, 0.05) is 13.7 Å². The number of rotatable bonds is 6. The number of anilines is 1. The molecule has 0 bridgehead atoms. The van der Waals surface area contributed by atoms with Crippen molar-refractivity contribution in [3.63, 3.8) is 0 Å². The summed E-state index contributed by atoms with van der Waals surface area (Å²) in [6, 6.07) is 9.72. The van der Waals surface area contributed by atoms with Gasteiger partial charge >= 0.3 is 5.97 Å². The molecule has 1 heterocycles. The second kappa shape index (κ2) is 6.81. The molecule has 110 valence electrons. The van der Waals surface area contributed by atoms with E-state index in [2.05, 4.69) is 9.97 Å². The summed E-state index contributed by atoms with van der Waals surface area (Å²) in [5, 5.41) is 18.1. The first-order chi connectivity index (χ1) is 10.1. The maximum atomic E-state index is 10.8. The lowest BCUT2D eigenvalue weighted by Crippen LogP contribution is -2.26. The van der Waals surface area contributed by atoms with E-state index in [0.29, 0.717) is 12.2 Å². The second-order valence-electron chi connectivity index (χ2n) is 4.61. The SMILES string of the molecule is CN(c1cnc(C(=O)O)cn1)C(CCO)c1ccccc1. The third-order valence-electron chi connectivity index (χ3n) is 3.27. The van der Waals surface area contributed by atoms with Crippen LogP contribution in [0, 0.1) is 0 Å². The van der Waals surface area contributed by atoms with Gasteiger partial charge in [-0.05, 0) is 12.0 Å². The maximum Gasteiger partial charge on any atom is 0.356 e. The van der Waals surface area contributed by atoms with Gasteiger partial charge in [-0.3, -0.25) is 0 Å². The van der Waals surface area contributed by atoms with E-state index in [-0.39, 0.29) is 18.3 Å². The molecule has 0 saturated carbocycles. The van der Waals surface area contributed by atoms with Gasteiger partial charge in [0.15, 0.2) is 5.69 Å². The van der Waals surface area contributed by atoms with Crippen molar-refractivity contribution in [3.8, 4) is 0 Å². The zero-order chi connectivity index (χ0) is 15.2. The molecule has 0 aliphatic heterocycles. The van der Waals surface area contributed by atoms with Gasteiger partial charge in [-0.15, -0.1) is 0 Å². The Morgan fingerprint density at radius 2 is 1.95 bits per heavy atom. The predicted molar refractivity (Wildman–Crippen MR) is 78.3 cm³/mol. The molecule has 1 aromatic carbocycles. The zero-order valence-corrected chi connectivity index (χ0v) is 11.7. The van der Waals surface area contributed by atoms with E-state index in [1.165, 1.54) is 12.4 Å². The number of aliphatic hydroxyl groups excluding tert-OH is 1. The van der Waals surface area contributed by atoms with Crippen LogP contribution in [0.2, 0.25) is 0 Å². The number of nitrogens with zero attached hydrogens (tertiary/aromatic N) is 3. The topological polar surface area (TPSA) is 86.6 Å². The second-order valence-corrected chi connectivity index (χ2v) is 4.61. The van der Waals surface area contributed by atoms with Crippen LogP contribution < -0.4 is 4.90 Å². The van der Waals surface area contributed by atoms with Crippen LogP contribution in [0.15, 0.2) is 42.7 Å². The summed E-state index contributed by atoms with van der Waals surface area (Å²) >= 11 is 0. The molecule has 0 aliphatic rings. The van der Waals surface area contributed by atoms with E-state index >= 15 is 0 Å². The summed E-state index contributed by atoms with van der Waals surface area (Å²) in [5.74, 6) is -0.547.